The molecule has 20 heavy (non-hydrogen) atoms. The molecular weight excluding hydrogens is 264 g/mol. The van der Waals surface area contributed by atoms with Crippen LogP contribution < -0.4 is 10.4 Å². The monoisotopic (exact) mass is 282 g/mol. The zero-order chi connectivity index (χ0) is 14.6. The first-order valence-electron chi connectivity index (χ1n) is 6.58. The Morgan fingerprint density at radius 1 is 0.950 bits per heavy atom. The third-order valence-corrected chi connectivity index (χ3v) is 7.67. The van der Waals surface area contributed by atoms with Gasteiger partial charge in [0.15, 0.2) is 0 Å². The molecule has 0 bridgehead atoms. The SMILES string of the molecule is CC(=C[Si](C)(c1ccccc1)c1ccccc1)C(=O)O. The van der Waals surface area contributed by atoms with Crippen LogP contribution in [-0.2, 0) is 4.79 Å². The molecule has 2 nitrogen and oxygen atoms in total. The third-order valence-electron chi connectivity index (χ3n) is 3.59. The van der Waals surface area contributed by atoms with Crippen LogP contribution in [0.5, 0.6) is 0 Å². The van der Waals surface area contributed by atoms with Crippen molar-refractivity contribution in [1.29, 1.82) is 0 Å². The van der Waals surface area contributed by atoms with Crippen molar-refractivity contribution >= 4 is 24.4 Å². The number of hydrogen-bond donors (Lipinski definition) is 1. The highest BCUT2D eigenvalue weighted by atomic mass is 28.3. The van der Waals surface area contributed by atoms with Crippen LogP contribution >= 0.6 is 0 Å². The predicted octanol–water partition coefficient (Wildman–Crippen LogP) is 2.45. The van der Waals surface area contributed by atoms with Crippen LogP contribution in [0.25, 0.3) is 0 Å². The van der Waals surface area contributed by atoms with Crippen molar-refractivity contribution in [1.82, 2.24) is 0 Å². The summed E-state index contributed by atoms with van der Waals surface area (Å²) in [5.74, 6) is -0.851. The van der Waals surface area contributed by atoms with Crippen molar-refractivity contribution in [2.24, 2.45) is 0 Å². The van der Waals surface area contributed by atoms with E-state index in [4.69, 9.17) is 0 Å². The van der Waals surface area contributed by atoms with Crippen LogP contribution in [0.15, 0.2) is 71.9 Å². The molecule has 0 saturated carbocycles. The van der Waals surface area contributed by atoms with Crippen LogP contribution in [0.3, 0.4) is 0 Å². The summed E-state index contributed by atoms with van der Waals surface area (Å²) >= 11 is 0. The molecule has 0 radical (unpaired) electrons. The molecule has 1 N–H and O–H groups in total. The van der Waals surface area contributed by atoms with Crippen LogP contribution in [0.4, 0.5) is 0 Å². The normalized spacial score (nSPS) is 12.2. The maximum Gasteiger partial charge on any atom is 0.330 e. The standard InChI is InChI=1S/C17H18O2Si/c1-14(17(18)19)13-20(2,15-9-5-3-6-10-15)16-11-7-4-8-12-16/h3-13H,1-2H3,(H,18,19). The largest absolute Gasteiger partial charge is 0.478 e. The average Bonchev–Trinajstić information content (AvgIpc) is 2.48. The van der Waals surface area contributed by atoms with E-state index in [0.717, 1.165) is 0 Å². The third kappa shape index (κ3) is 2.88. The Labute approximate surface area is 120 Å². The maximum atomic E-state index is 11.2. The smallest absolute Gasteiger partial charge is 0.330 e. The van der Waals surface area contributed by atoms with Gasteiger partial charge in [-0.1, -0.05) is 83.3 Å². The molecule has 0 amide bonds. The fourth-order valence-corrected chi connectivity index (χ4v) is 5.82. The Morgan fingerprint density at radius 3 is 1.70 bits per heavy atom. The quantitative estimate of drug-likeness (QED) is 0.691. The van der Waals surface area contributed by atoms with Gasteiger partial charge in [0, 0.05) is 5.57 Å². The van der Waals surface area contributed by atoms with E-state index >= 15 is 0 Å². The van der Waals surface area contributed by atoms with E-state index in [0.29, 0.717) is 5.57 Å². The molecule has 0 fully saturated rings. The lowest BCUT2D eigenvalue weighted by molar-refractivity contribution is -0.132. The summed E-state index contributed by atoms with van der Waals surface area (Å²) in [4.78, 5) is 11.2. The van der Waals surface area contributed by atoms with Crippen LogP contribution in [0.2, 0.25) is 6.55 Å². The average molecular weight is 282 g/mol. The van der Waals surface area contributed by atoms with E-state index in [1.54, 1.807) is 6.92 Å². The second-order valence-electron chi connectivity index (χ2n) is 5.07. The fraction of sp³-hybridized carbons (Fsp3) is 0.118. The van der Waals surface area contributed by atoms with Gasteiger partial charge in [0.05, 0.1) is 0 Å². The highest BCUT2D eigenvalue weighted by molar-refractivity contribution is 7.05. The van der Waals surface area contributed by atoms with Crippen LogP contribution in [0.1, 0.15) is 6.92 Å². The first kappa shape index (κ1) is 14.3. The number of aliphatic carboxylic acids is 1. The minimum Gasteiger partial charge on any atom is -0.478 e. The molecule has 3 heteroatoms. The molecule has 0 unspecified atom stereocenters. The van der Waals surface area contributed by atoms with Gasteiger partial charge in [-0.15, -0.1) is 0 Å². The van der Waals surface area contributed by atoms with Gasteiger partial charge in [0.2, 0.25) is 0 Å². The lowest BCUT2D eigenvalue weighted by Gasteiger charge is -2.25. The molecule has 0 aliphatic carbocycles. The molecule has 0 atom stereocenters. The highest BCUT2D eigenvalue weighted by Crippen LogP contribution is 2.10. The Kier molecular flexibility index (Phi) is 4.20. The lowest BCUT2D eigenvalue weighted by atomic mass is 10.3. The molecule has 0 heterocycles. The molecule has 2 aromatic carbocycles. The minimum atomic E-state index is -2.17. The van der Waals surface area contributed by atoms with Crippen LogP contribution in [0, 0.1) is 0 Å². The van der Waals surface area contributed by atoms with E-state index in [9.17, 15) is 9.90 Å². The lowest BCUT2D eigenvalue weighted by Crippen LogP contribution is -2.54. The van der Waals surface area contributed by atoms with Crippen molar-refractivity contribution in [3.8, 4) is 0 Å². The van der Waals surface area contributed by atoms with Gasteiger partial charge in [-0.05, 0) is 6.92 Å². The van der Waals surface area contributed by atoms with Gasteiger partial charge in [-0.3, -0.25) is 0 Å². The molecule has 0 spiro atoms. The molecule has 0 aromatic heterocycles. The van der Waals surface area contributed by atoms with E-state index in [1.807, 2.05) is 42.1 Å². The first-order chi connectivity index (χ1) is 9.54. The van der Waals surface area contributed by atoms with Crippen molar-refractivity contribution in [2.75, 3.05) is 0 Å². The van der Waals surface area contributed by atoms with E-state index in [2.05, 4.69) is 30.8 Å². The molecule has 0 aliphatic rings. The summed E-state index contributed by atoms with van der Waals surface area (Å²) in [5.41, 5.74) is 2.37. The molecule has 2 aromatic rings. The summed E-state index contributed by atoms with van der Waals surface area (Å²) in [7, 11) is -2.17. The van der Waals surface area contributed by atoms with Crippen molar-refractivity contribution in [3.63, 3.8) is 0 Å². The highest BCUT2D eigenvalue weighted by Gasteiger charge is 2.30. The number of hydrogen-bond acceptors (Lipinski definition) is 1. The summed E-state index contributed by atoms with van der Waals surface area (Å²) in [6.45, 7) is 3.85. The van der Waals surface area contributed by atoms with Crippen molar-refractivity contribution < 1.29 is 9.90 Å². The second kappa shape index (κ2) is 5.88. The Morgan fingerprint density at radius 2 is 1.35 bits per heavy atom. The Hall–Kier alpha value is -2.13. The number of carbonyl (C=O) groups is 1. The zero-order valence-corrected chi connectivity index (χ0v) is 12.7. The van der Waals surface area contributed by atoms with E-state index in [-0.39, 0.29) is 0 Å². The number of benzene rings is 2. The van der Waals surface area contributed by atoms with Crippen molar-refractivity contribution in [3.05, 3.63) is 71.9 Å². The maximum absolute atomic E-state index is 11.2. The van der Waals surface area contributed by atoms with Gasteiger partial charge in [0.1, 0.15) is 8.07 Å². The van der Waals surface area contributed by atoms with Gasteiger partial charge < -0.3 is 5.11 Å². The Bertz CT molecular complexity index is 578. The van der Waals surface area contributed by atoms with Gasteiger partial charge in [-0.25, -0.2) is 4.79 Å². The first-order valence-corrected chi connectivity index (χ1v) is 9.15. The summed E-state index contributed by atoms with van der Waals surface area (Å²) in [6.07, 6.45) is 0. The van der Waals surface area contributed by atoms with Crippen molar-refractivity contribution in [2.45, 2.75) is 13.5 Å². The Balaban J connectivity index is 2.61. The van der Waals surface area contributed by atoms with Gasteiger partial charge in [0.25, 0.3) is 0 Å². The number of carboxylic acids is 1. The zero-order valence-electron chi connectivity index (χ0n) is 11.7. The molecular formula is C17H18O2Si. The fourth-order valence-electron chi connectivity index (χ4n) is 2.40. The number of carboxylic acid groups (broad SMARTS) is 1. The predicted molar refractivity (Wildman–Crippen MR) is 85.2 cm³/mol. The van der Waals surface area contributed by atoms with Gasteiger partial charge >= 0.3 is 5.97 Å². The van der Waals surface area contributed by atoms with Gasteiger partial charge in [-0.2, -0.15) is 0 Å². The summed E-state index contributed by atoms with van der Waals surface area (Å²) < 4.78 is 0. The number of rotatable bonds is 4. The topological polar surface area (TPSA) is 37.3 Å². The van der Waals surface area contributed by atoms with Crippen LogP contribution in [-0.4, -0.2) is 19.1 Å². The summed E-state index contributed by atoms with van der Waals surface area (Å²) in [6, 6.07) is 20.3. The minimum absolute atomic E-state index is 0.409. The molecule has 102 valence electrons. The molecule has 0 saturated heterocycles. The summed E-state index contributed by atoms with van der Waals surface area (Å²) in [5, 5.41) is 11.6. The van der Waals surface area contributed by atoms with E-state index in [1.165, 1.54) is 10.4 Å². The molecule has 2 rings (SSSR count). The molecule has 0 aliphatic heterocycles. The van der Waals surface area contributed by atoms with E-state index < -0.39 is 14.0 Å². The second-order valence-corrected chi connectivity index (χ2v) is 8.91.